The van der Waals surface area contributed by atoms with Crippen LogP contribution in [0.25, 0.3) is 0 Å². The molecule has 0 aromatic heterocycles. The van der Waals surface area contributed by atoms with Gasteiger partial charge in [0.15, 0.2) is 0 Å². The van der Waals surface area contributed by atoms with Gasteiger partial charge >= 0.3 is 0 Å². The van der Waals surface area contributed by atoms with Gasteiger partial charge in [0.25, 0.3) is 11.8 Å². The minimum Gasteiger partial charge on any atom is -0.507 e. The summed E-state index contributed by atoms with van der Waals surface area (Å²) < 4.78 is 0. The van der Waals surface area contributed by atoms with Crippen LogP contribution in [0, 0.1) is 0 Å². The number of amides is 2. The third-order valence-corrected chi connectivity index (χ3v) is 1.72. The van der Waals surface area contributed by atoms with E-state index in [1.54, 1.807) is 12.1 Å². The number of hydrogen-bond acceptors (Lipinski definition) is 4. The molecular formula is C9H11N3O3. The van der Waals surface area contributed by atoms with E-state index >= 15 is 0 Å². The first-order valence-electron chi connectivity index (χ1n) is 4.20. The first-order chi connectivity index (χ1) is 7.15. The fourth-order valence-electron chi connectivity index (χ4n) is 0.972. The molecule has 0 saturated heterocycles. The zero-order valence-electron chi connectivity index (χ0n) is 7.86. The number of rotatable bonds is 3. The predicted octanol–water partition coefficient (Wildman–Crippen LogP) is -0.888. The lowest BCUT2D eigenvalue weighted by molar-refractivity contribution is -0.120. The van der Waals surface area contributed by atoms with Crippen molar-refractivity contribution in [2.24, 2.45) is 5.84 Å². The summed E-state index contributed by atoms with van der Waals surface area (Å²) >= 11 is 0. The number of carbonyl (C=O) groups is 2. The number of carbonyl (C=O) groups excluding carboxylic acids is 2. The maximum atomic E-state index is 11.4. The van der Waals surface area contributed by atoms with Crippen molar-refractivity contribution in [1.82, 2.24) is 10.7 Å². The molecule has 0 atom stereocenters. The molecule has 0 heterocycles. The van der Waals surface area contributed by atoms with Gasteiger partial charge in [-0.05, 0) is 12.1 Å². The Kier molecular flexibility index (Phi) is 3.64. The second kappa shape index (κ2) is 4.97. The maximum absolute atomic E-state index is 11.4. The highest BCUT2D eigenvalue weighted by molar-refractivity contribution is 5.98. The highest BCUT2D eigenvalue weighted by Crippen LogP contribution is 2.14. The van der Waals surface area contributed by atoms with Crippen molar-refractivity contribution in [2.75, 3.05) is 6.54 Å². The van der Waals surface area contributed by atoms with Gasteiger partial charge in [-0.15, -0.1) is 0 Å². The van der Waals surface area contributed by atoms with E-state index in [2.05, 4.69) is 5.32 Å². The summed E-state index contributed by atoms with van der Waals surface area (Å²) in [5.41, 5.74) is 1.98. The summed E-state index contributed by atoms with van der Waals surface area (Å²) in [7, 11) is 0. The molecule has 0 aliphatic carbocycles. The minimum atomic E-state index is -0.531. The molecule has 5 N–H and O–H groups in total. The number of benzene rings is 1. The smallest absolute Gasteiger partial charge is 0.255 e. The first-order valence-corrected chi connectivity index (χ1v) is 4.20. The fraction of sp³-hybridized carbons (Fsp3) is 0.111. The van der Waals surface area contributed by atoms with Gasteiger partial charge in [-0.3, -0.25) is 15.0 Å². The summed E-state index contributed by atoms with van der Waals surface area (Å²) in [5.74, 6) is 3.64. The highest BCUT2D eigenvalue weighted by atomic mass is 16.3. The molecule has 1 aromatic carbocycles. The average Bonchev–Trinajstić information content (AvgIpc) is 2.26. The van der Waals surface area contributed by atoms with E-state index in [-0.39, 0.29) is 17.9 Å². The Balaban J connectivity index is 2.62. The molecule has 0 bridgehead atoms. The van der Waals surface area contributed by atoms with Gasteiger partial charge in [0.05, 0.1) is 12.1 Å². The topological polar surface area (TPSA) is 104 Å². The lowest BCUT2D eigenvalue weighted by atomic mass is 10.2. The minimum absolute atomic E-state index is 0.113. The van der Waals surface area contributed by atoms with Crippen LogP contribution in [-0.2, 0) is 4.79 Å². The van der Waals surface area contributed by atoms with Crippen LogP contribution >= 0.6 is 0 Å². The molecule has 0 radical (unpaired) electrons. The number of hydrogen-bond donors (Lipinski definition) is 4. The van der Waals surface area contributed by atoms with Gasteiger partial charge in [0.2, 0.25) is 0 Å². The maximum Gasteiger partial charge on any atom is 0.255 e. The molecule has 0 saturated carbocycles. The van der Waals surface area contributed by atoms with Gasteiger partial charge in [-0.1, -0.05) is 12.1 Å². The van der Waals surface area contributed by atoms with E-state index in [1.807, 2.05) is 5.43 Å². The number of hydrazine groups is 1. The van der Waals surface area contributed by atoms with Crippen LogP contribution in [0.4, 0.5) is 0 Å². The van der Waals surface area contributed by atoms with Crippen molar-refractivity contribution in [2.45, 2.75) is 0 Å². The SMILES string of the molecule is NNC(=O)CNC(=O)c1ccccc1O. The second-order valence-corrected chi connectivity index (χ2v) is 2.77. The summed E-state index contributed by atoms with van der Waals surface area (Å²) in [5, 5.41) is 11.6. The summed E-state index contributed by atoms with van der Waals surface area (Å²) in [6.45, 7) is -0.232. The summed E-state index contributed by atoms with van der Waals surface area (Å²) in [4.78, 5) is 22.1. The van der Waals surface area contributed by atoms with Crippen LogP contribution < -0.4 is 16.6 Å². The highest BCUT2D eigenvalue weighted by Gasteiger charge is 2.10. The van der Waals surface area contributed by atoms with Crippen LogP contribution in [-0.4, -0.2) is 23.5 Å². The van der Waals surface area contributed by atoms with E-state index in [4.69, 9.17) is 5.84 Å². The van der Waals surface area contributed by atoms with Gasteiger partial charge in [-0.25, -0.2) is 5.84 Å². The first kappa shape index (κ1) is 11.0. The standard InChI is InChI=1S/C9H11N3O3/c10-12-8(14)5-11-9(15)6-3-1-2-4-7(6)13/h1-4,13H,5,10H2,(H,11,15)(H,12,14). The molecule has 0 fully saturated rings. The molecule has 2 amide bonds. The Morgan fingerprint density at radius 2 is 2.00 bits per heavy atom. The normalized spacial score (nSPS) is 9.40. The molecule has 1 rings (SSSR count). The zero-order chi connectivity index (χ0) is 11.3. The van der Waals surface area contributed by atoms with Crippen LogP contribution in [0.3, 0.4) is 0 Å². The van der Waals surface area contributed by atoms with Crippen LogP contribution in [0.15, 0.2) is 24.3 Å². The molecule has 1 aromatic rings. The fourth-order valence-corrected chi connectivity index (χ4v) is 0.972. The van der Waals surface area contributed by atoms with Gasteiger partial charge in [0, 0.05) is 0 Å². The predicted molar refractivity (Wildman–Crippen MR) is 52.8 cm³/mol. The quantitative estimate of drug-likeness (QED) is 0.294. The van der Waals surface area contributed by atoms with Crippen molar-refractivity contribution in [3.63, 3.8) is 0 Å². The van der Waals surface area contributed by atoms with E-state index in [0.29, 0.717) is 0 Å². The largest absolute Gasteiger partial charge is 0.507 e. The summed E-state index contributed by atoms with van der Waals surface area (Å²) in [6.07, 6.45) is 0. The zero-order valence-corrected chi connectivity index (χ0v) is 7.86. The number of nitrogens with two attached hydrogens (primary N) is 1. The van der Waals surface area contributed by atoms with E-state index < -0.39 is 11.8 Å². The van der Waals surface area contributed by atoms with Crippen molar-refractivity contribution in [3.8, 4) is 5.75 Å². The van der Waals surface area contributed by atoms with Crippen molar-refractivity contribution in [3.05, 3.63) is 29.8 Å². The Morgan fingerprint density at radius 3 is 2.60 bits per heavy atom. The average molecular weight is 209 g/mol. The van der Waals surface area contributed by atoms with Crippen molar-refractivity contribution >= 4 is 11.8 Å². The molecule has 0 unspecified atom stereocenters. The van der Waals surface area contributed by atoms with Crippen molar-refractivity contribution < 1.29 is 14.7 Å². The Morgan fingerprint density at radius 1 is 1.33 bits per heavy atom. The summed E-state index contributed by atoms with van der Waals surface area (Å²) in [6, 6.07) is 6.04. The number of aromatic hydroxyl groups is 1. The number of nitrogens with one attached hydrogen (secondary N) is 2. The third-order valence-electron chi connectivity index (χ3n) is 1.72. The monoisotopic (exact) mass is 209 g/mol. The number of phenolic OH excluding ortho intramolecular Hbond substituents is 1. The van der Waals surface area contributed by atoms with E-state index in [1.165, 1.54) is 12.1 Å². The lowest BCUT2D eigenvalue weighted by Crippen LogP contribution is -2.40. The molecule has 15 heavy (non-hydrogen) atoms. The molecule has 0 aliphatic rings. The van der Waals surface area contributed by atoms with E-state index in [9.17, 15) is 14.7 Å². The van der Waals surface area contributed by atoms with Gasteiger partial charge in [-0.2, -0.15) is 0 Å². The molecule has 6 heteroatoms. The van der Waals surface area contributed by atoms with Crippen LogP contribution in [0.1, 0.15) is 10.4 Å². The molecule has 6 nitrogen and oxygen atoms in total. The van der Waals surface area contributed by atoms with Gasteiger partial charge in [0.1, 0.15) is 5.75 Å². The second-order valence-electron chi connectivity index (χ2n) is 2.77. The molecule has 80 valence electrons. The molecule has 0 aliphatic heterocycles. The third kappa shape index (κ3) is 2.96. The molecular weight excluding hydrogens is 198 g/mol. The molecule has 0 spiro atoms. The van der Waals surface area contributed by atoms with Crippen LogP contribution in [0.5, 0.6) is 5.75 Å². The number of phenols is 1. The lowest BCUT2D eigenvalue weighted by Gasteiger charge is -2.05. The Labute approximate surface area is 86.1 Å². The Hall–Kier alpha value is -2.08. The van der Waals surface area contributed by atoms with Crippen molar-refractivity contribution in [1.29, 1.82) is 0 Å². The Bertz CT molecular complexity index is 379. The van der Waals surface area contributed by atoms with Gasteiger partial charge < -0.3 is 10.4 Å². The van der Waals surface area contributed by atoms with Crippen LogP contribution in [0.2, 0.25) is 0 Å². The van der Waals surface area contributed by atoms with E-state index in [0.717, 1.165) is 0 Å². The number of para-hydroxylation sites is 1.